The summed E-state index contributed by atoms with van der Waals surface area (Å²) in [6.45, 7) is 6.42. The molecule has 1 aromatic heterocycles. The number of anilines is 1. The van der Waals surface area contributed by atoms with E-state index in [9.17, 15) is 9.18 Å². The SMILES string of the molecule is CC(C)(C)c1ccc(C(=O)Nc2ncc(Cc3ccc(F)cc3)s2)cc1. The van der Waals surface area contributed by atoms with Crippen molar-refractivity contribution < 1.29 is 9.18 Å². The summed E-state index contributed by atoms with van der Waals surface area (Å²) in [6, 6.07) is 14.0. The van der Waals surface area contributed by atoms with Crippen molar-refractivity contribution in [2.45, 2.75) is 32.6 Å². The highest BCUT2D eigenvalue weighted by atomic mass is 32.1. The third-order valence-electron chi connectivity index (χ3n) is 4.08. The first-order valence-corrected chi connectivity index (χ1v) is 9.24. The van der Waals surface area contributed by atoms with Gasteiger partial charge >= 0.3 is 0 Å². The molecule has 0 aliphatic heterocycles. The van der Waals surface area contributed by atoms with E-state index in [4.69, 9.17) is 0 Å². The largest absolute Gasteiger partial charge is 0.298 e. The monoisotopic (exact) mass is 368 g/mol. The third-order valence-corrected chi connectivity index (χ3v) is 4.99. The number of rotatable bonds is 4. The number of nitrogens with zero attached hydrogens (tertiary/aromatic N) is 1. The Morgan fingerprint density at radius 2 is 1.73 bits per heavy atom. The van der Waals surface area contributed by atoms with Crippen LogP contribution in [0.3, 0.4) is 0 Å². The van der Waals surface area contributed by atoms with Crippen molar-refractivity contribution in [2.24, 2.45) is 0 Å². The molecule has 0 unspecified atom stereocenters. The van der Waals surface area contributed by atoms with E-state index < -0.39 is 0 Å². The average molecular weight is 368 g/mol. The van der Waals surface area contributed by atoms with Gasteiger partial charge < -0.3 is 0 Å². The van der Waals surface area contributed by atoms with Crippen LogP contribution in [0.4, 0.5) is 9.52 Å². The first kappa shape index (κ1) is 18.3. The molecular weight excluding hydrogens is 347 g/mol. The zero-order valence-corrected chi connectivity index (χ0v) is 15.9. The highest BCUT2D eigenvalue weighted by Crippen LogP contribution is 2.24. The smallest absolute Gasteiger partial charge is 0.257 e. The Hall–Kier alpha value is -2.53. The molecule has 0 bridgehead atoms. The fourth-order valence-electron chi connectivity index (χ4n) is 2.54. The van der Waals surface area contributed by atoms with E-state index in [0.29, 0.717) is 17.1 Å². The number of hydrogen-bond donors (Lipinski definition) is 1. The van der Waals surface area contributed by atoms with Gasteiger partial charge in [-0.25, -0.2) is 9.37 Å². The minimum atomic E-state index is -0.247. The average Bonchev–Trinajstić information content (AvgIpc) is 3.03. The van der Waals surface area contributed by atoms with E-state index in [2.05, 4.69) is 31.1 Å². The molecule has 0 aliphatic rings. The summed E-state index contributed by atoms with van der Waals surface area (Å²) in [4.78, 5) is 17.7. The molecule has 0 fully saturated rings. The van der Waals surface area contributed by atoms with Crippen LogP contribution in [0.15, 0.2) is 54.7 Å². The van der Waals surface area contributed by atoms with Gasteiger partial charge in [0.1, 0.15) is 5.82 Å². The number of carbonyl (C=O) groups excluding carboxylic acids is 1. The van der Waals surface area contributed by atoms with Crippen molar-refractivity contribution in [1.29, 1.82) is 0 Å². The van der Waals surface area contributed by atoms with Crippen molar-refractivity contribution in [2.75, 3.05) is 5.32 Å². The van der Waals surface area contributed by atoms with Crippen molar-refractivity contribution in [1.82, 2.24) is 4.98 Å². The number of nitrogens with one attached hydrogen (secondary N) is 1. The minimum absolute atomic E-state index is 0.0551. The molecule has 0 aliphatic carbocycles. The number of halogens is 1. The van der Waals surface area contributed by atoms with Gasteiger partial charge in [-0.15, -0.1) is 11.3 Å². The summed E-state index contributed by atoms with van der Waals surface area (Å²) >= 11 is 1.43. The molecule has 0 spiro atoms. The molecule has 0 radical (unpaired) electrons. The quantitative estimate of drug-likeness (QED) is 0.668. The fraction of sp³-hybridized carbons (Fsp3) is 0.238. The van der Waals surface area contributed by atoms with Gasteiger partial charge in [0.15, 0.2) is 5.13 Å². The van der Waals surface area contributed by atoms with E-state index in [0.717, 1.165) is 10.4 Å². The van der Waals surface area contributed by atoms with E-state index in [1.165, 1.54) is 29.0 Å². The van der Waals surface area contributed by atoms with Crippen LogP contribution in [0.25, 0.3) is 0 Å². The van der Waals surface area contributed by atoms with E-state index in [1.807, 2.05) is 24.3 Å². The lowest BCUT2D eigenvalue weighted by Crippen LogP contribution is -2.14. The van der Waals surface area contributed by atoms with E-state index >= 15 is 0 Å². The van der Waals surface area contributed by atoms with Gasteiger partial charge in [0, 0.05) is 23.1 Å². The summed E-state index contributed by atoms with van der Waals surface area (Å²) in [5, 5.41) is 3.40. The van der Waals surface area contributed by atoms with Gasteiger partial charge in [-0.3, -0.25) is 10.1 Å². The predicted octanol–water partition coefficient (Wildman–Crippen LogP) is 5.42. The van der Waals surface area contributed by atoms with Gasteiger partial charge in [-0.1, -0.05) is 45.0 Å². The van der Waals surface area contributed by atoms with Gasteiger partial charge in [-0.2, -0.15) is 0 Å². The highest BCUT2D eigenvalue weighted by Gasteiger charge is 2.15. The van der Waals surface area contributed by atoms with Crippen LogP contribution in [-0.4, -0.2) is 10.9 Å². The molecule has 134 valence electrons. The summed E-state index contributed by atoms with van der Waals surface area (Å²) in [5.41, 5.74) is 2.85. The highest BCUT2D eigenvalue weighted by molar-refractivity contribution is 7.15. The van der Waals surface area contributed by atoms with Crippen molar-refractivity contribution >= 4 is 22.4 Å². The lowest BCUT2D eigenvalue weighted by atomic mass is 9.87. The van der Waals surface area contributed by atoms with Crippen molar-refractivity contribution in [3.05, 3.63) is 82.1 Å². The topological polar surface area (TPSA) is 42.0 Å². The van der Waals surface area contributed by atoms with E-state index in [-0.39, 0.29) is 17.1 Å². The number of hydrogen-bond acceptors (Lipinski definition) is 3. The Labute approximate surface area is 156 Å². The zero-order chi connectivity index (χ0) is 18.7. The molecule has 26 heavy (non-hydrogen) atoms. The number of benzene rings is 2. The van der Waals surface area contributed by atoms with Crippen LogP contribution in [0, 0.1) is 5.82 Å². The lowest BCUT2D eigenvalue weighted by Gasteiger charge is -2.18. The van der Waals surface area contributed by atoms with Crippen LogP contribution in [-0.2, 0) is 11.8 Å². The molecule has 1 heterocycles. The summed E-state index contributed by atoms with van der Waals surface area (Å²) in [7, 11) is 0. The molecule has 1 amide bonds. The molecule has 0 saturated carbocycles. The fourth-order valence-corrected chi connectivity index (χ4v) is 3.38. The van der Waals surface area contributed by atoms with Crippen LogP contribution < -0.4 is 5.32 Å². The predicted molar refractivity (Wildman–Crippen MR) is 104 cm³/mol. The maximum absolute atomic E-state index is 13.0. The maximum atomic E-state index is 13.0. The summed E-state index contributed by atoms with van der Waals surface area (Å²) in [6.07, 6.45) is 2.40. The van der Waals surface area contributed by atoms with Crippen LogP contribution in [0.5, 0.6) is 0 Å². The van der Waals surface area contributed by atoms with Gasteiger partial charge in [0.2, 0.25) is 0 Å². The first-order chi connectivity index (χ1) is 12.3. The molecule has 0 saturated heterocycles. The van der Waals surface area contributed by atoms with Gasteiger partial charge in [0.05, 0.1) is 0 Å². The van der Waals surface area contributed by atoms with Crippen LogP contribution in [0.1, 0.15) is 47.1 Å². The molecule has 2 aromatic carbocycles. The number of carbonyl (C=O) groups is 1. The first-order valence-electron chi connectivity index (χ1n) is 8.42. The Balaban J connectivity index is 1.65. The second-order valence-electron chi connectivity index (χ2n) is 7.22. The molecule has 3 rings (SSSR count). The maximum Gasteiger partial charge on any atom is 0.257 e. The van der Waals surface area contributed by atoms with Gasteiger partial charge in [0.25, 0.3) is 5.91 Å². The minimum Gasteiger partial charge on any atom is -0.298 e. The molecule has 5 heteroatoms. The standard InChI is InChI=1S/C21H21FN2OS/c1-21(2,3)16-8-6-15(7-9-16)19(25)24-20-23-13-18(26-20)12-14-4-10-17(22)11-5-14/h4-11,13H,12H2,1-3H3,(H,23,24,25). The van der Waals surface area contributed by atoms with Crippen molar-refractivity contribution in [3.8, 4) is 0 Å². The summed E-state index contributed by atoms with van der Waals surface area (Å²) < 4.78 is 13.0. The normalized spacial score (nSPS) is 11.4. The Morgan fingerprint density at radius 3 is 2.35 bits per heavy atom. The van der Waals surface area contributed by atoms with Crippen LogP contribution >= 0.6 is 11.3 Å². The van der Waals surface area contributed by atoms with Gasteiger partial charge in [-0.05, 0) is 40.8 Å². The number of amides is 1. The van der Waals surface area contributed by atoms with Crippen molar-refractivity contribution in [3.63, 3.8) is 0 Å². The van der Waals surface area contributed by atoms with E-state index in [1.54, 1.807) is 18.3 Å². The molecule has 1 N–H and O–H groups in total. The Bertz CT molecular complexity index is 893. The molecule has 3 nitrogen and oxygen atoms in total. The second kappa shape index (κ2) is 7.38. The number of aromatic nitrogens is 1. The summed E-state index contributed by atoms with van der Waals surface area (Å²) in [5.74, 6) is -0.420. The molecule has 0 atom stereocenters. The molecule has 3 aromatic rings. The Morgan fingerprint density at radius 1 is 1.08 bits per heavy atom. The third kappa shape index (κ3) is 4.55. The Kier molecular flexibility index (Phi) is 5.18. The second-order valence-corrected chi connectivity index (χ2v) is 8.33. The number of thiazole rings is 1. The zero-order valence-electron chi connectivity index (χ0n) is 15.0. The molecular formula is C21H21FN2OS. The lowest BCUT2D eigenvalue weighted by molar-refractivity contribution is 0.102. The van der Waals surface area contributed by atoms with Crippen LogP contribution in [0.2, 0.25) is 0 Å².